The molecule has 1 aromatic carbocycles. The van der Waals surface area contributed by atoms with Crippen LogP contribution in [0, 0.1) is 0 Å². The average Bonchev–Trinajstić information content (AvgIpc) is 2.93. The van der Waals surface area contributed by atoms with Crippen LogP contribution >= 0.6 is 11.6 Å². The number of halogens is 1. The number of benzene rings is 1. The molecule has 0 amide bonds. The van der Waals surface area contributed by atoms with E-state index in [4.69, 9.17) is 26.2 Å². The zero-order valence-corrected chi connectivity index (χ0v) is 13.0. The summed E-state index contributed by atoms with van der Waals surface area (Å²) >= 11 is 6.11. The smallest absolute Gasteiger partial charge is 0.303 e. The average molecular weight is 313 g/mol. The molecule has 0 unspecified atom stereocenters. The highest BCUT2D eigenvalue weighted by Gasteiger charge is 2.21. The van der Waals surface area contributed by atoms with E-state index in [1.807, 2.05) is 6.07 Å². The third-order valence-corrected chi connectivity index (χ3v) is 3.96. The topological polar surface area (TPSA) is 55.8 Å². The Morgan fingerprint density at radius 3 is 2.71 bits per heavy atom. The Labute approximate surface area is 130 Å². The van der Waals surface area contributed by atoms with Gasteiger partial charge in [-0.05, 0) is 50.2 Å². The second-order valence-corrected chi connectivity index (χ2v) is 5.80. The molecule has 1 fully saturated rings. The van der Waals surface area contributed by atoms with E-state index >= 15 is 0 Å². The second kappa shape index (κ2) is 7.55. The minimum Gasteiger partial charge on any atom is -0.493 e. The van der Waals surface area contributed by atoms with Crippen LogP contribution in [0.2, 0.25) is 5.02 Å². The molecule has 5 heteroatoms. The van der Waals surface area contributed by atoms with E-state index in [-0.39, 0.29) is 12.5 Å². The predicted octanol–water partition coefficient (Wildman–Crippen LogP) is 4.08. The minimum atomic E-state index is -0.790. The van der Waals surface area contributed by atoms with E-state index in [0.29, 0.717) is 23.6 Å². The summed E-state index contributed by atoms with van der Waals surface area (Å²) in [7, 11) is 1.59. The Morgan fingerprint density at radius 1 is 1.38 bits per heavy atom. The lowest BCUT2D eigenvalue weighted by atomic mass is 10.1. The van der Waals surface area contributed by atoms with E-state index in [1.54, 1.807) is 13.2 Å². The first-order valence-corrected chi connectivity index (χ1v) is 7.73. The zero-order valence-electron chi connectivity index (χ0n) is 12.2. The largest absolute Gasteiger partial charge is 0.493 e. The summed E-state index contributed by atoms with van der Waals surface area (Å²) in [6.07, 6.45) is 6.02. The second-order valence-electron chi connectivity index (χ2n) is 5.37. The molecule has 0 aromatic heterocycles. The number of carboxylic acid groups (broad SMARTS) is 1. The molecule has 0 bridgehead atoms. The molecule has 21 heavy (non-hydrogen) atoms. The number of rotatable bonds is 7. The maximum absolute atomic E-state index is 10.7. The van der Waals surface area contributed by atoms with Crippen LogP contribution < -0.4 is 9.47 Å². The van der Waals surface area contributed by atoms with Gasteiger partial charge >= 0.3 is 5.97 Å². The van der Waals surface area contributed by atoms with E-state index in [0.717, 1.165) is 24.2 Å². The predicted molar refractivity (Wildman–Crippen MR) is 81.5 cm³/mol. The normalized spacial score (nSPS) is 15.1. The Kier molecular flexibility index (Phi) is 5.74. The number of carboxylic acids is 1. The molecule has 4 nitrogen and oxygen atoms in total. The van der Waals surface area contributed by atoms with E-state index in [2.05, 4.69) is 0 Å². The SMILES string of the molecule is COc1cc(Cl)cc(CCCC(=O)O)c1OC1CCCC1. The summed E-state index contributed by atoms with van der Waals surface area (Å²) in [4.78, 5) is 10.7. The van der Waals surface area contributed by atoms with Gasteiger partial charge in [-0.15, -0.1) is 0 Å². The fraction of sp³-hybridized carbons (Fsp3) is 0.562. The minimum absolute atomic E-state index is 0.137. The van der Waals surface area contributed by atoms with Crippen molar-refractivity contribution in [3.05, 3.63) is 22.7 Å². The number of hydrogen-bond acceptors (Lipinski definition) is 3. The van der Waals surface area contributed by atoms with Crippen LogP contribution in [0.4, 0.5) is 0 Å². The van der Waals surface area contributed by atoms with Gasteiger partial charge < -0.3 is 14.6 Å². The van der Waals surface area contributed by atoms with Gasteiger partial charge in [-0.25, -0.2) is 0 Å². The number of aliphatic carboxylic acids is 1. The molecule has 2 rings (SSSR count). The van der Waals surface area contributed by atoms with Crippen LogP contribution in [0.1, 0.15) is 44.1 Å². The molecule has 0 radical (unpaired) electrons. The lowest BCUT2D eigenvalue weighted by Gasteiger charge is -2.19. The quantitative estimate of drug-likeness (QED) is 0.824. The molecule has 1 saturated carbocycles. The van der Waals surface area contributed by atoms with Gasteiger partial charge in [0.15, 0.2) is 11.5 Å². The molecule has 1 aliphatic rings. The van der Waals surface area contributed by atoms with Gasteiger partial charge in [0.25, 0.3) is 0 Å². The summed E-state index contributed by atoms with van der Waals surface area (Å²) in [5.74, 6) is 0.557. The first kappa shape index (κ1) is 16.0. The van der Waals surface area contributed by atoms with Crippen LogP contribution in [0.3, 0.4) is 0 Å². The van der Waals surface area contributed by atoms with Crippen molar-refractivity contribution in [3.8, 4) is 11.5 Å². The van der Waals surface area contributed by atoms with E-state index in [9.17, 15) is 4.79 Å². The van der Waals surface area contributed by atoms with Gasteiger partial charge in [-0.2, -0.15) is 0 Å². The van der Waals surface area contributed by atoms with Crippen molar-refractivity contribution in [2.24, 2.45) is 0 Å². The maximum Gasteiger partial charge on any atom is 0.303 e. The van der Waals surface area contributed by atoms with Crippen LogP contribution in [0.15, 0.2) is 12.1 Å². The Hall–Kier alpha value is -1.42. The van der Waals surface area contributed by atoms with Crippen molar-refractivity contribution in [3.63, 3.8) is 0 Å². The molecule has 116 valence electrons. The molecule has 1 aliphatic carbocycles. The number of hydrogen-bond donors (Lipinski definition) is 1. The van der Waals surface area contributed by atoms with Crippen molar-refractivity contribution < 1.29 is 19.4 Å². The van der Waals surface area contributed by atoms with Crippen LogP contribution in [0.25, 0.3) is 0 Å². The van der Waals surface area contributed by atoms with Crippen LogP contribution in [0.5, 0.6) is 11.5 Å². The van der Waals surface area contributed by atoms with Crippen molar-refractivity contribution >= 4 is 17.6 Å². The molecular weight excluding hydrogens is 292 g/mol. The molecule has 1 N–H and O–H groups in total. The molecular formula is C16H21ClO4. The van der Waals surface area contributed by atoms with Crippen LogP contribution in [-0.2, 0) is 11.2 Å². The van der Waals surface area contributed by atoms with E-state index < -0.39 is 5.97 Å². The number of ether oxygens (including phenoxy) is 2. The summed E-state index contributed by atoms with van der Waals surface area (Å²) in [5, 5.41) is 9.34. The Balaban J connectivity index is 2.18. The zero-order chi connectivity index (χ0) is 15.2. The molecule has 1 aromatic rings. The summed E-state index contributed by atoms with van der Waals surface area (Å²) in [6, 6.07) is 3.59. The highest BCUT2D eigenvalue weighted by molar-refractivity contribution is 6.30. The molecule has 0 aliphatic heterocycles. The first-order chi connectivity index (χ1) is 10.1. The fourth-order valence-electron chi connectivity index (χ4n) is 2.70. The van der Waals surface area contributed by atoms with Gasteiger partial charge in [0.2, 0.25) is 0 Å². The molecule has 0 saturated heterocycles. The number of carbonyl (C=O) groups is 1. The maximum atomic E-state index is 10.7. The number of methoxy groups -OCH3 is 1. The van der Waals surface area contributed by atoms with Gasteiger partial charge in [0, 0.05) is 17.5 Å². The van der Waals surface area contributed by atoms with E-state index in [1.165, 1.54) is 12.8 Å². The molecule has 0 atom stereocenters. The van der Waals surface area contributed by atoms with Crippen molar-refractivity contribution in [1.82, 2.24) is 0 Å². The lowest BCUT2D eigenvalue weighted by Crippen LogP contribution is -2.13. The first-order valence-electron chi connectivity index (χ1n) is 7.35. The van der Waals surface area contributed by atoms with Gasteiger partial charge in [0.05, 0.1) is 13.2 Å². The molecule has 0 heterocycles. The third kappa shape index (κ3) is 4.53. The highest BCUT2D eigenvalue weighted by atomic mass is 35.5. The monoisotopic (exact) mass is 312 g/mol. The van der Waals surface area contributed by atoms with Gasteiger partial charge in [-0.3, -0.25) is 4.79 Å². The Bertz CT molecular complexity index is 495. The lowest BCUT2D eigenvalue weighted by molar-refractivity contribution is -0.137. The standard InChI is InChI=1S/C16H21ClO4/c1-20-14-10-12(17)9-11(5-4-8-15(18)19)16(14)21-13-6-2-3-7-13/h9-10,13H,2-8H2,1H3,(H,18,19). The Morgan fingerprint density at radius 2 is 2.10 bits per heavy atom. The summed E-state index contributed by atoms with van der Waals surface area (Å²) in [5.41, 5.74) is 0.924. The fourth-order valence-corrected chi connectivity index (χ4v) is 2.93. The van der Waals surface area contributed by atoms with Crippen molar-refractivity contribution in [2.75, 3.05) is 7.11 Å². The number of aryl methyl sites for hydroxylation is 1. The van der Waals surface area contributed by atoms with Gasteiger partial charge in [-0.1, -0.05) is 11.6 Å². The molecule has 0 spiro atoms. The summed E-state index contributed by atoms with van der Waals surface area (Å²) < 4.78 is 11.5. The third-order valence-electron chi connectivity index (χ3n) is 3.74. The van der Waals surface area contributed by atoms with Gasteiger partial charge in [0.1, 0.15) is 0 Å². The summed E-state index contributed by atoms with van der Waals surface area (Å²) in [6.45, 7) is 0. The van der Waals surface area contributed by atoms with Crippen LogP contribution in [-0.4, -0.2) is 24.3 Å². The highest BCUT2D eigenvalue weighted by Crippen LogP contribution is 2.38. The van der Waals surface area contributed by atoms with Crippen molar-refractivity contribution in [1.29, 1.82) is 0 Å². The van der Waals surface area contributed by atoms with Crippen molar-refractivity contribution in [2.45, 2.75) is 51.0 Å².